The van der Waals surface area contributed by atoms with Crippen molar-refractivity contribution in [1.29, 1.82) is 0 Å². The first kappa shape index (κ1) is 12.2. The molecule has 0 atom stereocenters. The molecule has 18 heavy (non-hydrogen) atoms. The topological polar surface area (TPSA) is 21.3 Å². The summed E-state index contributed by atoms with van der Waals surface area (Å²) in [5.74, 6) is 0.848. The molecule has 2 aliphatic rings. The largest absolute Gasteiger partial charge is 0.378 e. The Morgan fingerprint density at radius 2 is 2.00 bits per heavy atom. The molecule has 2 aliphatic carbocycles. The standard InChI is InChI=1S/C16H23NO/c1-2-18-15-9-14(10-15)17-11-13-5-3-4-6-16(13)12-7-8-12/h3-6,12,14-15,17H,2,7-11H2,1H3. The highest BCUT2D eigenvalue weighted by Crippen LogP contribution is 2.41. The summed E-state index contributed by atoms with van der Waals surface area (Å²) >= 11 is 0. The normalized spacial score (nSPS) is 26.9. The van der Waals surface area contributed by atoms with Crippen LogP contribution in [0.3, 0.4) is 0 Å². The van der Waals surface area contributed by atoms with E-state index in [-0.39, 0.29) is 0 Å². The van der Waals surface area contributed by atoms with Gasteiger partial charge in [-0.3, -0.25) is 0 Å². The Hall–Kier alpha value is -0.860. The summed E-state index contributed by atoms with van der Waals surface area (Å²) < 4.78 is 5.59. The molecule has 0 spiro atoms. The number of hydrogen-bond acceptors (Lipinski definition) is 2. The van der Waals surface area contributed by atoms with Crippen LogP contribution in [0.25, 0.3) is 0 Å². The van der Waals surface area contributed by atoms with Gasteiger partial charge in [0.2, 0.25) is 0 Å². The molecule has 0 heterocycles. The summed E-state index contributed by atoms with van der Waals surface area (Å²) in [6.45, 7) is 3.95. The summed E-state index contributed by atoms with van der Waals surface area (Å²) in [5, 5.41) is 3.67. The first-order chi connectivity index (χ1) is 8.86. The lowest BCUT2D eigenvalue weighted by atomic mass is 9.89. The van der Waals surface area contributed by atoms with E-state index in [0.29, 0.717) is 12.1 Å². The Balaban J connectivity index is 1.49. The van der Waals surface area contributed by atoms with Gasteiger partial charge in [0.15, 0.2) is 0 Å². The van der Waals surface area contributed by atoms with Crippen LogP contribution >= 0.6 is 0 Å². The van der Waals surface area contributed by atoms with Crippen LogP contribution in [0.2, 0.25) is 0 Å². The van der Waals surface area contributed by atoms with E-state index in [1.807, 2.05) is 0 Å². The van der Waals surface area contributed by atoms with Crippen LogP contribution < -0.4 is 5.32 Å². The zero-order valence-corrected chi connectivity index (χ0v) is 11.2. The lowest BCUT2D eigenvalue weighted by molar-refractivity contribution is -0.0102. The van der Waals surface area contributed by atoms with E-state index in [0.717, 1.165) is 19.1 Å². The minimum atomic E-state index is 0.506. The molecule has 2 saturated carbocycles. The summed E-state index contributed by atoms with van der Waals surface area (Å²) in [6.07, 6.45) is 5.63. The predicted molar refractivity (Wildman–Crippen MR) is 73.7 cm³/mol. The van der Waals surface area contributed by atoms with Crippen molar-refractivity contribution in [2.75, 3.05) is 6.61 Å². The Bertz CT molecular complexity index is 394. The number of rotatable bonds is 6. The van der Waals surface area contributed by atoms with Crippen LogP contribution in [-0.2, 0) is 11.3 Å². The van der Waals surface area contributed by atoms with Crippen LogP contribution in [0, 0.1) is 0 Å². The van der Waals surface area contributed by atoms with Gasteiger partial charge in [-0.05, 0) is 49.7 Å². The molecule has 1 aromatic rings. The zero-order valence-electron chi connectivity index (χ0n) is 11.2. The second kappa shape index (κ2) is 5.41. The van der Waals surface area contributed by atoms with Gasteiger partial charge >= 0.3 is 0 Å². The van der Waals surface area contributed by atoms with Crippen molar-refractivity contribution in [1.82, 2.24) is 5.32 Å². The predicted octanol–water partition coefficient (Wildman–Crippen LogP) is 3.22. The average molecular weight is 245 g/mol. The molecule has 0 aliphatic heterocycles. The zero-order chi connectivity index (χ0) is 12.4. The van der Waals surface area contributed by atoms with Crippen molar-refractivity contribution in [3.8, 4) is 0 Å². The van der Waals surface area contributed by atoms with Crippen LogP contribution in [0.5, 0.6) is 0 Å². The van der Waals surface area contributed by atoms with Crippen molar-refractivity contribution in [2.24, 2.45) is 0 Å². The monoisotopic (exact) mass is 245 g/mol. The fraction of sp³-hybridized carbons (Fsp3) is 0.625. The molecular formula is C16H23NO. The van der Waals surface area contributed by atoms with Gasteiger partial charge in [0.05, 0.1) is 6.10 Å². The maximum Gasteiger partial charge on any atom is 0.0604 e. The average Bonchev–Trinajstić information content (AvgIpc) is 3.16. The molecule has 3 rings (SSSR count). The van der Waals surface area contributed by atoms with Crippen LogP contribution in [0.15, 0.2) is 24.3 Å². The molecule has 1 N–H and O–H groups in total. The van der Waals surface area contributed by atoms with Crippen LogP contribution in [0.4, 0.5) is 0 Å². The number of nitrogens with one attached hydrogen (secondary N) is 1. The van der Waals surface area contributed by atoms with E-state index in [4.69, 9.17) is 4.74 Å². The van der Waals surface area contributed by atoms with E-state index < -0.39 is 0 Å². The first-order valence-electron chi connectivity index (χ1n) is 7.29. The molecule has 1 aromatic carbocycles. The van der Waals surface area contributed by atoms with Crippen molar-refractivity contribution in [2.45, 2.75) is 57.2 Å². The molecule has 2 fully saturated rings. The van der Waals surface area contributed by atoms with Gasteiger partial charge in [-0.2, -0.15) is 0 Å². The lowest BCUT2D eigenvalue weighted by Crippen LogP contribution is -2.45. The summed E-state index contributed by atoms with van der Waals surface area (Å²) in [7, 11) is 0. The lowest BCUT2D eigenvalue weighted by Gasteiger charge is -2.35. The highest BCUT2D eigenvalue weighted by Gasteiger charge is 2.30. The number of benzene rings is 1. The summed E-state index contributed by atoms with van der Waals surface area (Å²) in [4.78, 5) is 0. The molecular weight excluding hydrogens is 222 g/mol. The van der Waals surface area contributed by atoms with Gasteiger partial charge in [-0.1, -0.05) is 24.3 Å². The second-order valence-electron chi connectivity index (χ2n) is 5.60. The second-order valence-corrected chi connectivity index (χ2v) is 5.60. The highest BCUT2D eigenvalue weighted by atomic mass is 16.5. The van der Waals surface area contributed by atoms with Crippen LogP contribution in [0.1, 0.15) is 49.7 Å². The summed E-state index contributed by atoms with van der Waals surface area (Å²) in [5.41, 5.74) is 3.07. The van der Waals surface area contributed by atoms with Gasteiger partial charge in [-0.25, -0.2) is 0 Å². The first-order valence-corrected chi connectivity index (χ1v) is 7.29. The van der Waals surface area contributed by atoms with E-state index >= 15 is 0 Å². The van der Waals surface area contributed by atoms with Gasteiger partial charge in [-0.15, -0.1) is 0 Å². The number of hydrogen-bond donors (Lipinski definition) is 1. The van der Waals surface area contributed by atoms with Gasteiger partial charge < -0.3 is 10.1 Å². The minimum Gasteiger partial charge on any atom is -0.378 e. The Morgan fingerprint density at radius 3 is 2.72 bits per heavy atom. The highest BCUT2D eigenvalue weighted by molar-refractivity contribution is 5.33. The van der Waals surface area contributed by atoms with Gasteiger partial charge in [0, 0.05) is 19.2 Å². The Labute approximate surface area is 110 Å². The van der Waals surface area contributed by atoms with Crippen molar-refractivity contribution >= 4 is 0 Å². The van der Waals surface area contributed by atoms with Crippen LogP contribution in [-0.4, -0.2) is 18.8 Å². The quantitative estimate of drug-likeness (QED) is 0.831. The molecule has 0 aromatic heterocycles. The smallest absolute Gasteiger partial charge is 0.0604 e. The van der Waals surface area contributed by atoms with Gasteiger partial charge in [0.1, 0.15) is 0 Å². The third kappa shape index (κ3) is 2.76. The molecule has 0 saturated heterocycles. The third-order valence-electron chi connectivity index (χ3n) is 4.15. The van der Waals surface area contributed by atoms with Gasteiger partial charge in [0.25, 0.3) is 0 Å². The van der Waals surface area contributed by atoms with E-state index in [1.54, 1.807) is 5.56 Å². The molecule has 2 heteroatoms. The molecule has 0 unspecified atom stereocenters. The maximum absolute atomic E-state index is 5.59. The summed E-state index contributed by atoms with van der Waals surface area (Å²) in [6, 6.07) is 9.57. The molecule has 0 amide bonds. The third-order valence-corrected chi connectivity index (χ3v) is 4.15. The maximum atomic E-state index is 5.59. The van der Waals surface area contributed by atoms with E-state index in [9.17, 15) is 0 Å². The van der Waals surface area contributed by atoms with Crippen molar-refractivity contribution < 1.29 is 4.74 Å². The fourth-order valence-electron chi connectivity index (χ4n) is 2.85. The fourth-order valence-corrected chi connectivity index (χ4v) is 2.85. The van der Waals surface area contributed by atoms with E-state index in [1.165, 1.54) is 31.2 Å². The number of ether oxygens (including phenoxy) is 1. The van der Waals surface area contributed by atoms with E-state index in [2.05, 4.69) is 36.5 Å². The molecule has 0 bridgehead atoms. The Kier molecular flexibility index (Phi) is 3.67. The van der Waals surface area contributed by atoms with Crippen molar-refractivity contribution in [3.63, 3.8) is 0 Å². The molecule has 2 nitrogen and oxygen atoms in total. The van der Waals surface area contributed by atoms with Crippen molar-refractivity contribution in [3.05, 3.63) is 35.4 Å². The Morgan fingerprint density at radius 1 is 1.22 bits per heavy atom. The SMILES string of the molecule is CCOC1CC(NCc2ccccc2C2CC2)C1. The molecule has 98 valence electrons. The molecule has 0 radical (unpaired) electrons. The minimum absolute atomic E-state index is 0.506.